The highest BCUT2D eigenvalue weighted by Crippen LogP contribution is 2.30. The molecule has 1 amide bonds. The number of benzene rings is 1. The molecule has 1 aliphatic rings. The maximum atomic E-state index is 12.9. The Hall–Kier alpha value is -2.41. The highest BCUT2D eigenvalue weighted by molar-refractivity contribution is 5.77. The number of rotatable bonds is 5. The van der Waals surface area contributed by atoms with Gasteiger partial charge < -0.3 is 19.5 Å². The van der Waals surface area contributed by atoms with Crippen LogP contribution >= 0.6 is 0 Å². The molecular weight excluding hydrogens is 344 g/mol. The molecule has 0 spiro atoms. The summed E-state index contributed by atoms with van der Waals surface area (Å²) in [5.41, 5.74) is 0.854. The van der Waals surface area contributed by atoms with Crippen molar-refractivity contribution in [2.75, 3.05) is 26.7 Å². The van der Waals surface area contributed by atoms with Gasteiger partial charge in [0.25, 0.3) is 0 Å². The fourth-order valence-corrected chi connectivity index (χ4v) is 3.24. The second kappa shape index (κ2) is 8.08. The van der Waals surface area contributed by atoms with Crippen molar-refractivity contribution in [1.82, 2.24) is 20.4 Å². The molecule has 3 rings (SSSR count). The van der Waals surface area contributed by atoms with Gasteiger partial charge in [-0.3, -0.25) is 4.79 Å². The third kappa shape index (κ3) is 4.47. The van der Waals surface area contributed by atoms with E-state index < -0.39 is 0 Å². The van der Waals surface area contributed by atoms with Crippen LogP contribution in [0.5, 0.6) is 5.75 Å². The van der Waals surface area contributed by atoms with E-state index in [1.807, 2.05) is 49.9 Å². The fourth-order valence-electron chi connectivity index (χ4n) is 3.24. The fraction of sp³-hybridized carbons (Fsp3) is 0.550. The van der Waals surface area contributed by atoms with Crippen LogP contribution in [0.15, 0.2) is 28.8 Å². The van der Waals surface area contributed by atoms with E-state index >= 15 is 0 Å². The highest BCUT2D eigenvalue weighted by atomic mass is 16.5. The zero-order valence-corrected chi connectivity index (χ0v) is 16.5. The molecule has 0 radical (unpaired) electrons. The van der Waals surface area contributed by atoms with Gasteiger partial charge in [0.1, 0.15) is 5.75 Å². The van der Waals surface area contributed by atoms with Crippen molar-refractivity contribution in [3.05, 3.63) is 41.5 Å². The normalized spacial score (nSPS) is 17.8. The molecule has 1 aromatic carbocycles. The Bertz CT molecular complexity index is 782. The molecule has 1 N–H and O–H groups in total. The average Bonchev–Trinajstić information content (AvgIpc) is 3.15. The molecule has 7 heteroatoms. The minimum atomic E-state index is -0.167. The van der Waals surface area contributed by atoms with Crippen LogP contribution in [0, 0.1) is 0 Å². The Balaban J connectivity index is 1.69. The second-order valence-electron chi connectivity index (χ2n) is 7.81. The zero-order valence-electron chi connectivity index (χ0n) is 16.5. The zero-order chi connectivity index (χ0) is 19.4. The number of hydrogen-bond acceptors (Lipinski definition) is 6. The summed E-state index contributed by atoms with van der Waals surface area (Å²) in [5.74, 6) is 2.06. The molecule has 2 aromatic rings. The summed E-state index contributed by atoms with van der Waals surface area (Å²) >= 11 is 0. The van der Waals surface area contributed by atoms with Crippen LogP contribution in [-0.4, -0.2) is 47.7 Å². The van der Waals surface area contributed by atoms with Gasteiger partial charge in [0.15, 0.2) is 5.82 Å². The van der Waals surface area contributed by atoms with Crippen molar-refractivity contribution in [3.8, 4) is 5.75 Å². The number of aromatic nitrogens is 2. The summed E-state index contributed by atoms with van der Waals surface area (Å²) in [6, 6.07) is 7.81. The number of hydrogen-bond donors (Lipinski definition) is 1. The molecule has 0 aliphatic carbocycles. The first-order valence-corrected chi connectivity index (χ1v) is 9.36. The van der Waals surface area contributed by atoms with Crippen LogP contribution in [0.25, 0.3) is 0 Å². The van der Waals surface area contributed by atoms with Crippen molar-refractivity contribution in [2.24, 2.45) is 0 Å². The Labute approximate surface area is 160 Å². The van der Waals surface area contributed by atoms with Crippen LogP contribution < -0.4 is 10.1 Å². The lowest BCUT2D eigenvalue weighted by Gasteiger charge is -2.37. The molecule has 7 nitrogen and oxygen atoms in total. The van der Waals surface area contributed by atoms with Gasteiger partial charge in [-0.1, -0.05) is 44.1 Å². The van der Waals surface area contributed by atoms with Crippen molar-refractivity contribution < 1.29 is 14.1 Å². The summed E-state index contributed by atoms with van der Waals surface area (Å²) in [6.45, 7) is 8.26. The van der Waals surface area contributed by atoms with Crippen LogP contribution in [0.3, 0.4) is 0 Å². The largest absolute Gasteiger partial charge is 0.496 e. The summed E-state index contributed by atoms with van der Waals surface area (Å²) in [6.07, 6.45) is 0.794. The molecule has 1 saturated heterocycles. The molecule has 1 aliphatic heterocycles. The van der Waals surface area contributed by atoms with Gasteiger partial charge in [0.2, 0.25) is 11.8 Å². The lowest BCUT2D eigenvalue weighted by atomic mass is 9.96. The number of nitrogens with one attached hydrogen (secondary N) is 1. The molecule has 27 heavy (non-hydrogen) atoms. The molecule has 146 valence electrons. The van der Waals surface area contributed by atoms with E-state index in [1.54, 1.807) is 7.11 Å². The van der Waals surface area contributed by atoms with E-state index in [-0.39, 0.29) is 17.4 Å². The van der Waals surface area contributed by atoms with Gasteiger partial charge >= 0.3 is 0 Å². The number of piperazine rings is 1. The first-order chi connectivity index (χ1) is 12.9. The summed E-state index contributed by atoms with van der Waals surface area (Å²) in [5, 5.41) is 7.40. The van der Waals surface area contributed by atoms with Crippen LogP contribution in [0.1, 0.15) is 50.5 Å². The predicted molar refractivity (Wildman–Crippen MR) is 102 cm³/mol. The van der Waals surface area contributed by atoms with E-state index in [9.17, 15) is 4.79 Å². The molecule has 0 bridgehead atoms. The third-order valence-corrected chi connectivity index (χ3v) is 4.75. The summed E-state index contributed by atoms with van der Waals surface area (Å²) in [7, 11) is 1.66. The van der Waals surface area contributed by atoms with Gasteiger partial charge in [0, 0.05) is 43.5 Å². The number of nitrogens with zero attached hydrogens (tertiary/aromatic N) is 3. The number of carbonyl (C=O) groups is 1. The topological polar surface area (TPSA) is 80.5 Å². The Morgan fingerprint density at radius 1 is 1.37 bits per heavy atom. The van der Waals surface area contributed by atoms with Gasteiger partial charge in [-0.2, -0.15) is 4.98 Å². The lowest BCUT2D eigenvalue weighted by molar-refractivity contribution is -0.134. The highest BCUT2D eigenvalue weighted by Gasteiger charge is 2.30. The molecule has 0 saturated carbocycles. The first-order valence-electron chi connectivity index (χ1n) is 9.36. The molecule has 2 heterocycles. The average molecular weight is 372 g/mol. The molecule has 1 unspecified atom stereocenters. The minimum absolute atomic E-state index is 0.0461. The van der Waals surface area contributed by atoms with Gasteiger partial charge in [-0.15, -0.1) is 0 Å². The van der Waals surface area contributed by atoms with Gasteiger partial charge in [-0.05, 0) is 6.07 Å². The smallest absolute Gasteiger partial charge is 0.227 e. The number of methoxy groups -OCH3 is 1. The molecular formula is C20H28N4O3. The van der Waals surface area contributed by atoms with Crippen molar-refractivity contribution >= 4 is 5.91 Å². The third-order valence-electron chi connectivity index (χ3n) is 4.75. The maximum absolute atomic E-state index is 12.9. The van der Waals surface area contributed by atoms with Gasteiger partial charge in [-0.25, -0.2) is 0 Å². The quantitative estimate of drug-likeness (QED) is 0.868. The van der Waals surface area contributed by atoms with Crippen molar-refractivity contribution in [1.29, 1.82) is 0 Å². The summed E-state index contributed by atoms with van der Waals surface area (Å²) < 4.78 is 10.8. The summed E-state index contributed by atoms with van der Waals surface area (Å²) in [4.78, 5) is 19.3. The molecule has 1 aromatic heterocycles. The molecule has 1 atom stereocenters. The van der Waals surface area contributed by atoms with Gasteiger partial charge in [0.05, 0.1) is 13.2 Å². The van der Waals surface area contributed by atoms with E-state index in [0.29, 0.717) is 37.6 Å². The number of aryl methyl sites for hydroxylation is 1. The standard InChI is InChI=1S/C20H28N4O3/c1-20(2,3)19-22-17(27-23-19)9-10-18(25)24-12-11-21-13-15(24)14-7-5-6-8-16(14)26-4/h5-8,15,21H,9-13H2,1-4H3. The SMILES string of the molecule is COc1ccccc1C1CNCCN1C(=O)CCc1nc(C(C)(C)C)no1. The molecule has 1 fully saturated rings. The monoisotopic (exact) mass is 372 g/mol. The van der Waals surface area contributed by atoms with Crippen molar-refractivity contribution in [2.45, 2.75) is 45.1 Å². The van der Waals surface area contributed by atoms with Crippen molar-refractivity contribution in [3.63, 3.8) is 0 Å². The Kier molecular flexibility index (Phi) is 5.79. The van der Waals surface area contributed by atoms with E-state index in [2.05, 4.69) is 15.5 Å². The first kappa shape index (κ1) is 19.4. The number of ether oxygens (including phenoxy) is 1. The number of para-hydroxylation sites is 1. The van der Waals surface area contributed by atoms with E-state index in [1.165, 1.54) is 0 Å². The van der Waals surface area contributed by atoms with E-state index in [0.717, 1.165) is 17.9 Å². The van der Waals surface area contributed by atoms with Crippen LogP contribution in [-0.2, 0) is 16.6 Å². The van der Waals surface area contributed by atoms with E-state index in [4.69, 9.17) is 9.26 Å². The maximum Gasteiger partial charge on any atom is 0.227 e. The van der Waals surface area contributed by atoms with Crippen LogP contribution in [0.2, 0.25) is 0 Å². The minimum Gasteiger partial charge on any atom is -0.496 e. The van der Waals surface area contributed by atoms with Crippen LogP contribution in [0.4, 0.5) is 0 Å². The number of carbonyl (C=O) groups excluding carboxylic acids is 1. The Morgan fingerprint density at radius 2 is 2.15 bits per heavy atom. The Morgan fingerprint density at radius 3 is 2.85 bits per heavy atom. The lowest BCUT2D eigenvalue weighted by Crippen LogP contribution is -2.48. The second-order valence-corrected chi connectivity index (χ2v) is 7.81. The number of amides is 1. The predicted octanol–water partition coefficient (Wildman–Crippen LogP) is 2.48.